The summed E-state index contributed by atoms with van der Waals surface area (Å²) >= 11 is 0. The largest absolute Gasteiger partial charge is 0.396 e. The van der Waals surface area contributed by atoms with Crippen LogP contribution in [-0.4, -0.2) is 11.7 Å². The Morgan fingerprint density at radius 1 is 1.33 bits per heavy atom. The van der Waals surface area contributed by atoms with Crippen molar-refractivity contribution >= 4 is 0 Å². The van der Waals surface area contributed by atoms with E-state index >= 15 is 0 Å². The van der Waals surface area contributed by atoms with Gasteiger partial charge in [-0.25, -0.2) is 0 Å². The lowest BCUT2D eigenvalue weighted by Gasteiger charge is -2.14. The van der Waals surface area contributed by atoms with E-state index in [0.717, 1.165) is 25.7 Å². The average molecular weight is 177 g/mol. The molecule has 1 nitrogen and oxygen atoms in total. The minimum Gasteiger partial charge on any atom is -0.396 e. The minimum atomic E-state index is -2.55. The fraction of sp³-hybridized carbons (Fsp3) is 1.00. The zero-order valence-electron chi connectivity index (χ0n) is 13.0. The van der Waals surface area contributed by atoms with Gasteiger partial charge >= 0.3 is 0 Å². The summed E-state index contributed by atoms with van der Waals surface area (Å²) < 4.78 is 36.8. The van der Waals surface area contributed by atoms with Gasteiger partial charge < -0.3 is 5.11 Å². The zero-order valence-corrected chi connectivity index (χ0v) is 7.97. The van der Waals surface area contributed by atoms with Gasteiger partial charge in [-0.15, -0.1) is 0 Å². The second-order valence-corrected chi connectivity index (χ2v) is 3.25. The molecule has 0 aromatic carbocycles. The molecule has 0 rings (SSSR count). The third kappa shape index (κ3) is 6.66. The van der Waals surface area contributed by atoms with Crippen molar-refractivity contribution < 1.29 is 12.0 Å². The first kappa shape index (κ1) is 5.64. The molecule has 0 saturated heterocycles. The summed E-state index contributed by atoms with van der Waals surface area (Å²) in [6.45, 7) is -0.384. The summed E-state index contributed by atoms with van der Waals surface area (Å²) in [5.74, 6) is 0.0991. The van der Waals surface area contributed by atoms with E-state index in [4.69, 9.17) is 12.0 Å². The van der Waals surface area contributed by atoms with Gasteiger partial charge in [0.2, 0.25) is 0 Å². The van der Waals surface area contributed by atoms with E-state index in [1.165, 1.54) is 0 Å². The summed E-state index contributed by atoms with van der Waals surface area (Å²) in [7, 11) is 0. The summed E-state index contributed by atoms with van der Waals surface area (Å²) in [4.78, 5) is 0. The Morgan fingerprint density at radius 2 is 2.17 bits per heavy atom. The predicted octanol–water partition coefficient (Wildman–Crippen LogP) is 3.37. The van der Waals surface area contributed by atoms with Crippen LogP contribution in [0.1, 0.15) is 65.5 Å². The Morgan fingerprint density at radius 3 is 2.75 bits per heavy atom. The number of unbranched alkanes of at least 4 members (excludes halogenated alkanes) is 1. The standard InChI is InChI=1S/C11H24O/c1-3-7-11(8-4-2)9-5-6-10-12/h11-12H,3-10H2,1-2H3/i1D3,3D2/t11-/m1/s1. The topological polar surface area (TPSA) is 20.2 Å². The van der Waals surface area contributed by atoms with E-state index in [1.807, 2.05) is 6.92 Å². The molecule has 0 radical (unpaired) electrons. The van der Waals surface area contributed by atoms with Gasteiger partial charge in [-0.1, -0.05) is 52.3 Å². The van der Waals surface area contributed by atoms with Crippen LogP contribution in [0.15, 0.2) is 0 Å². The van der Waals surface area contributed by atoms with Gasteiger partial charge in [-0.3, -0.25) is 0 Å². The molecule has 0 aromatic heterocycles. The smallest absolute Gasteiger partial charge is 0.0431 e. The van der Waals surface area contributed by atoms with Crippen LogP contribution in [0.3, 0.4) is 0 Å². The Hall–Kier alpha value is -0.0400. The molecule has 0 bridgehead atoms. The Bertz CT molecular complexity index is 203. The van der Waals surface area contributed by atoms with Gasteiger partial charge in [0, 0.05) is 13.5 Å². The maximum Gasteiger partial charge on any atom is 0.0431 e. The SMILES string of the molecule is [2H]C([2H])([2H])C([2H])([2H])C[C@H](CCC)CCCCO. The van der Waals surface area contributed by atoms with Gasteiger partial charge in [-0.2, -0.15) is 0 Å². The maximum absolute atomic E-state index is 8.71. The van der Waals surface area contributed by atoms with Crippen molar-refractivity contribution in [2.75, 3.05) is 6.61 Å². The molecule has 0 amide bonds. The van der Waals surface area contributed by atoms with Gasteiger partial charge in [0.15, 0.2) is 0 Å². The Labute approximate surface area is 84.2 Å². The second kappa shape index (κ2) is 9.05. The lowest BCUT2D eigenvalue weighted by atomic mass is 9.93. The Kier molecular flexibility index (Phi) is 4.25. The molecule has 0 fully saturated rings. The first-order valence-electron chi connectivity index (χ1n) is 7.35. The van der Waals surface area contributed by atoms with Crippen LogP contribution in [0.25, 0.3) is 0 Å². The molecule has 0 aliphatic heterocycles. The van der Waals surface area contributed by atoms with Crippen LogP contribution >= 0.6 is 0 Å². The highest BCUT2D eigenvalue weighted by molar-refractivity contribution is 4.58. The fourth-order valence-electron chi connectivity index (χ4n) is 1.45. The molecule has 0 aromatic rings. The maximum atomic E-state index is 8.71. The third-order valence-corrected chi connectivity index (χ3v) is 2.11. The van der Waals surface area contributed by atoms with Crippen molar-refractivity contribution in [3.8, 4) is 0 Å². The van der Waals surface area contributed by atoms with E-state index < -0.39 is 13.2 Å². The highest BCUT2D eigenvalue weighted by Gasteiger charge is 2.05. The quantitative estimate of drug-likeness (QED) is 0.564. The normalized spacial score (nSPS) is 21.7. The lowest BCUT2D eigenvalue weighted by molar-refractivity contribution is 0.274. The van der Waals surface area contributed by atoms with Crippen molar-refractivity contribution in [1.82, 2.24) is 0 Å². The molecule has 1 atom stereocenters. The predicted molar refractivity (Wildman–Crippen MR) is 54.2 cm³/mol. The summed E-state index contributed by atoms with van der Waals surface area (Å²) in [5, 5.41) is 8.71. The van der Waals surface area contributed by atoms with Gasteiger partial charge in [-0.05, 0) is 12.3 Å². The summed E-state index contributed by atoms with van der Waals surface area (Å²) in [5.41, 5.74) is 0. The van der Waals surface area contributed by atoms with Crippen molar-refractivity contribution in [2.24, 2.45) is 5.92 Å². The fourth-order valence-corrected chi connectivity index (χ4v) is 1.45. The van der Waals surface area contributed by atoms with Crippen molar-refractivity contribution in [2.45, 2.75) is 58.7 Å². The van der Waals surface area contributed by atoms with Gasteiger partial charge in [0.1, 0.15) is 0 Å². The number of hydrogen-bond acceptors (Lipinski definition) is 1. The molecular formula is C11H24O. The highest BCUT2D eigenvalue weighted by atomic mass is 16.2. The van der Waals surface area contributed by atoms with Gasteiger partial charge in [0.25, 0.3) is 0 Å². The number of rotatable bonds is 8. The molecule has 12 heavy (non-hydrogen) atoms. The minimum absolute atomic E-state index is 0.0861. The molecule has 0 heterocycles. The molecule has 0 saturated carbocycles. The van der Waals surface area contributed by atoms with Crippen molar-refractivity contribution in [3.63, 3.8) is 0 Å². The molecular weight excluding hydrogens is 148 g/mol. The number of aliphatic hydroxyl groups is 1. The molecule has 74 valence electrons. The van der Waals surface area contributed by atoms with E-state index in [1.54, 1.807) is 0 Å². The van der Waals surface area contributed by atoms with Crippen LogP contribution in [0.5, 0.6) is 0 Å². The molecule has 1 heteroatoms. The van der Waals surface area contributed by atoms with Crippen molar-refractivity contribution in [1.29, 1.82) is 0 Å². The molecule has 1 N–H and O–H groups in total. The molecule has 0 spiro atoms. The van der Waals surface area contributed by atoms with Crippen LogP contribution in [-0.2, 0) is 0 Å². The third-order valence-electron chi connectivity index (χ3n) is 2.11. The second-order valence-electron chi connectivity index (χ2n) is 3.25. The summed E-state index contributed by atoms with van der Waals surface area (Å²) in [6.07, 6.45) is 2.09. The molecule has 0 aliphatic rings. The average Bonchev–Trinajstić information content (AvgIpc) is 2.16. The van der Waals surface area contributed by atoms with Crippen LogP contribution in [0, 0.1) is 5.92 Å². The van der Waals surface area contributed by atoms with Crippen LogP contribution < -0.4 is 0 Å². The van der Waals surface area contributed by atoms with Gasteiger partial charge in [0.05, 0.1) is 0 Å². The lowest BCUT2D eigenvalue weighted by Crippen LogP contribution is -2.00. The van der Waals surface area contributed by atoms with E-state index in [9.17, 15) is 0 Å². The number of aliphatic hydroxyl groups excluding tert-OH is 1. The van der Waals surface area contributed by atoms with Crippen LogP contribution in [0.2, 0.25) is 0 Å². The Balaban J connectivity index is 4.32. The molecule has 0 aliphatic carbocycles. The van der Waals surface area contributed by atoms with Crippen LogP contribution in [0.4, 0.5) is 0 Å². The van der Waals surface area contributed by atoms with Crippen molar-refractivity contribution in [3.05, 3.63) is 0 Å². The van der Waals surface area contributed by atoms with E-state index in [2.05, 4.69) is 0 Å². The molecule has 0 unspecified atom stereocenters. The first-order chi connectivity index (χ1) is 7.74. The zero-order chi connectivity index (χ0) is 13.5. The summed E-state index contributed by atoms with van der Waals surface area (Å²) in [6, 6.07) is 0. The monoisotopic (exact) mass is 177 g/mol. The van der Waals surface area contributed by atoms with E-state index in [0.29, 0.717) is 6.42 Å². The van der Waals surface area contributed by atoms with E-state index in [-0.39, 0.29) is 18.9 Å². The first-order valence-corrected chi connectivity index (χ1v) is 4.85. The highest BCUT2D eigenvalue weighted by Crippen LogP contribution is 2.19. The number of hydrogen-bond donors (Lipinski definition) is 1.